The maximum atomic E-state index is 9.08. The number of hydrogen-bond donors (Lipinski definition) is 0. The summed E-state index contributed by atoms with van der Waals surface area (Å²) in [5, 5.41) is 10.2. The van der Waals surface area contributed by atoms with Gasteiger partial charge in [0, 0.05) is 0 Å². The van der Waals surface area contributed by atoms with E-state index in [-0.39, 0.29) is 5.41 Å². The molecular formula is C13H12N2S. The molecule has 0 aliphatic heterocycles. The fraction of sp³-hybridized carbons (Fsp3) is 0.385. The first-order valence-corrected chi connectivity index (χ1v) is 6.30. The van der Waals surface area contributed by atoms with E-state index in [1.807, 2.05) is 6.92 Å². The van der Waals surface area contributed by atoms with Crippen LogP contribution in [0.15, 0.2) is 18.2 Å². The Balaban J connectivity index is 1.96. The second-order valence-electron chi connectivity index (χ2n) is 4.60. The molecule has 1 fully saturated rings. The summed E-state index contributed by atoms with van der Waals surface area (Å²) in [7, 11) is 0. The van der Waals surface area contributed by atoms with Gasteiger partial charge >= 0.3 is 0 Å². The summed E-state index contributed by atoms with van der Waals surface area (Å²) < 4.78 is 1.24. The summed E-state index contributed by atoms with van der Waals surface area (Å²) in [5.41, 5.74) is 2.30. The molecule has 0 spiro atoms. The van der Waals surface area contributed by atoms with Crippen LogP contribution in [0, 0.1) is 23.7 Å². The van der Waals surface area contributed by atoms with Gasteiger partial charge in [0.25, 0.3) is 0 Å². The smallest absolute Gasteiger partial charge is 0.0907 e. The molecule has 1 heterocycles. The molecule has 2 aromatic rings. The standard InChI is InChI=1S/C13H12N2S/c1-9-15-11-3-2-10(6-12(11)16-9)7-13(8-14)4-5-13/h2-3,6H,4-5,7H2,1H3. The van der Waals surface area contributed by atoms with Crippen LogP contribution in [0.1, 0.15) is 23.4 Å². The largest absolute Gasteiger partial charge is 0.242 e. The molecule has 1 aliphatic rings. The Morgan fingerprint density at radius 3 is 3.00 bits per heavy atom. The van der Waals surface area contributed by atoms with Crippen molar-refractivity contribution in [3.8, 4) is 6.07 Å². The fourth-order valence-electron chi connectivity index (χ4n) is 2.06. The van der Waals surface area contributed by atoms with Crippen LogP contribution in [0.25, 0.3) is 10.2 Å². The van der Waals surface area contributed by atoms with Crippen molar-refractivity contribution in [3.05, 3.63) is 28.8 Å². The minimum atomic E-state index is -0.0482. The first-order valence-electron chi connectivity index (χ1n) is 5.48. The van der Waals surface area contributed by atoms with Gasteiger partial charge in [-0.05, 0) is 43.9 Å². The SMILES string of the molecule is Cc1nc2ccc(CC3(C#N)CC3)cc2s1. The summed E-state index contributed by atoms with van der Waals surface area (Å²) in [6, 6.07) is 8.81. The minimum Gasteiger partial charge on any atom is -0.242 e. The van der Waals surface area contributed by atoms with Gasteiger partial charge in [-0.25, -0.2) is 4.98 Å². The van der Waals surface area contributed by atoms with E-state index in [4.69, 9.17) is 5.26 Å². The normalized spacial score (nSPS) is 17.2. The van der Waals surface area contributed by atoms with Crippen molar-refractivity contribution in [2.75, 3.05) is 0 Å². The van der Waals surface area contributed by atoms with E-state index in [1.54, 1.807) is 11.3 Å². The van der Waals surface area contributed by atoms with E-state index in [0.717, 1.165) is 29.8 Å². The minimum absolute atomic E-state index is 0.0482. The Kier molecular flexibility index (Phi) is 2.02. The quantitative estimate of drug-likeness (QED) is 0.789. The lowest BCUT2D eigenvalue weighted by Crippen LogP contribution is -2.00. The van der Waals surface area contributed by atoms with Gasteiger partial charge < -0.3 is 0 Å². The third kappa shape index (κ3) is 1.60. The zero-order chi connectivity index (χ0) is 11.2. The van der Waals surface area contributed by atoms with E-state index in [0.29, 0.717) is 0 Å². The van der Waals surface area contributed by atoms with Crippen LogP contribution in [0.2, 0.25) is 0 Å². The molecule has 0 bridgehead atoms. The van der Waals surface area contributed by atoms with Gasteiger partial charge in [-0.2, -0.15) is 5.26 Å². The third-order valence-corrected chi connectivity index (χ3v) is 4.13. The predicted octanol–water partition coefficient (Wildman–Crippen LogP) is 3.45. The molecule has 0 amide bonds. The van der Waals surface area contributed by atoms with Gasteiger partial charge in [0.15, 0.2) is 0 Å². The second-order valence-corrected chi connectivity index (χ2v) is 5.84. The molecule has 0 atom stereocenters. The van der Waals surface area contributed by atoms with E-state index in [9.17, 15) is 0 Å². The lowest BCUT2D eigenvalue weighted by Gasteiger charge is -2.04. The Hall–Kier alpha value is -1.40. The van der Waals surface area contributed by atoms with Crippen molar-refractivity contribution < 1.29 is 0 Å². The zero-order valence-electron chi connectivity index (χ0n) is 9.16. The fourth-order valence-corrected chi connectivity index (χ4v) is 2.95. The van der Waals surface area contributed by atoms with Crippen molar-refractivity contribution >= 4 is 21.6 Å². The number of nitriles is 1. The lowest BCUT2D eigenvalue weighted by molar-refractivity contribution is 0.665. The van der Waals surface area contributed by atoms with E-state index in [2.05, 4.69) is 29.3 Å². The molecule has 0 radical (unpaired) electrons. The zero-order valence-corrected chi connectivity index (χ0v) is 9.97. The molecule has 1 aromatic carbocycles. The van der Waals surface area contributed by atoms with E-state index < -0.39 is 0 Å². The highest BCUT2D eigenvalue weighted by molar-refractivity contribution is 7.18. The number of hydrogen-bond acceptors (Lipinski definition) is 3. The predicted molar refractivity (Wildman–Crippen MR) is 65.3 cm³/mol. The third-order valence-electron chi connectivity index (χ3n) is 3.19. The summed E-state index contributed by atoms with van der Waals surface area (Å²) in [6.45, 7) is 2.03. The van der Waals surface area contributed by atoms with Gasteiger partial charge in [0.1, 0.15) is 0 Å². The van der Waals surface area contributed by atoms with Gasteiger partial charge in [-0.3, -0.25) is 0 Å². The molecule has 1 aliphatic carbocycles. The lowest BCUT2D eigenvalue weighted by atomic mass is 9.98. The van der Waals surface area contributed by atoms with Gasteiger partial charge in [-0.1, -0.05) is 6.07 Å². The number of aromatic nitrogens is 1. The molecule has 1 saturated carbocycles. The summed E-state index contributed by atoms with van der Waals surface area (Å²) in [5.74, 6) is 0. The Morgan fingerprint density at radius 2 is 2.31 bits per heavy atom. The molecule has 0 saturated heterocycles. The Morgan fingerprint density at radius 1 is 1.50 bits per heavy atom. The maximum Gasteiger partial charge on any atom is 0.0907 e. The van der Waals surface area contributed by atoms with Crippen LogP contribution in [0.3, 0.4) is 0 Å². The van der Waals surface area contributed by atoms with Crippen molar-refractivity contribution in [2.24, 2.45) is 5.41 Å². The summed E-state index contributed by atoms with van der Waals surface area (Å²) in [4.78, 5) is 4.44. The van der Waals surface area contributed by atoms with Crippen LogP contribution in [0.5, 0.6) is 0 Å². The van der Waals surface area contributed by atoms with E-state index >= 15 is 0 Å². The van der Waals surface area contributed by atoms with Crippen molar-refractivity contribution in [2.45, 2.75) is 26.2 Å². The van der Waals surface area contributed by atoms with Crippen LogP contribution < -0.4 is 0 Å². The summed E-state index contributed by atoms with van der Waals surface area (Å²) >= 11 is 1.73. The van der Waals surface area contributed by atoms with E-state index in [1.165, 1.54) is 10.3 Å². The number of benzene rings is 1. The molecule has 0 unspecified atom stereocenters. The highest BCUT2D eigenvalue weighted by atomic mass is 32.1. The molecule has 80 valence electrons. The van der Waals surface area contributed by atoms with Crippen molar-refractivity contribution in [3.63, 3.8) is 0 Å². The summed E-state index contributed by atoms with van der Waals surface area (Å²) in [6.07, 6.45) is 3.02. The second kappa shape index (κ2) is 3.29. The van der Waals surface area contributed by atoms with Crippen molar-refractivity contribution in [1.29, 1.82) is 5.26 Å². The number of fused-ring (bicyclic) bond motifs is 1. The number of nitrogens with zero attached hydrogens (tertiary/aromatic N) is 2. The molecule has 1 aromatic heterocycles. The monoisotopic (exact) mass is 228 g/mol. The maximum absolute atomic E-state index is 9.08. The first-order chi connectivity index (χ1) is 7.71. The number of thiazole rings is 1. The van der Waals surface area contributed by atoms with Crippen LogP contribution in [0.4, 0.5) is 0 Å². The Labute approximate surface area is 98.5 Å². The van der Waals surface area contributed by atoms with Gasteiger partial charge in [-0.15, -0.1) is 11.3 Å². The Bertz CT molecular complexity index is 587. The van der Waals surface area contributed by atoms with Gasteiger partial charge in [0.05, 0.1) is 26.7 Å². The average Bonchev–Trinajstić information content (AvgIpc) is 2.93. The molecule has 3 heteroatoms. The molecule has 0 N–H and O–H groups in total. The topological polar surface area (TPSA) is 36.7 Å². The van der Waals surface area contributed by atoms with Crippen LogP contribution >= 0.6 is 11.3 Å². The molecule has 2 nitrogen and oxygen atoms in total. The molecule has 3 rings (SSSR count). The first kappa shape index (κ1) is 9.80. The van der Waals surface area contributed by atoms with Crippen molar-refractivity contribution in [1.82, 2.24) is 4.98 Å². The highest BCUT2D eigenvalue weighted by Gasteiger charge is 2.42. The highest BCUT2D eigenvalue weighted by Crippen LogP contribution is 2.47. The van der Waals surface area contributed by atoms with Crippen LogP contribution in [-0.4, -0.2) is 4.98 Å². The van der Waals surface area contributed by atoms with Gasteiger partial charge in [0.2, 0.25) is 0 Å². The van der Waals surface area contributed by atoms with Crippen LogP contribution in [-0.2, 0) is 6.42 Å². The average molecular weight is 228 g/mol. The molecular weight excluding hydrogens is 216 g/mol. The number of aryl methyl sites for hydroxylation is 1. The molecule has 16 heavy (non-hydrogen) atoms. The number of rotatable bonds is 2.